The van der Waals surface area contributed by atoms with E-state index in [1.165, 1.54) is 12.1 Å². The van der Waals surface area contributed by atoms with Gasteiger partial charge in [0.05, 0.1) is 23.3 Å². The van der Waals surface area contributed by atoms with E-state index >= 15 is 0 Å². The molecule has 27 heavy (non-hydrogen) atoms. The van der Waals surface area contributed by atoms with E-state index in [0.29, 0.717) is 38.2 Å². The molecule has 6 nitrogen and oxygen atoms in total. The first kappa shape index (κ1) is 20.2. The molecule has 2 aromatic rings. The number of nitrogens with zero attached hydrogens (tertiary/aromatic N) is 4. The van der Waals surface area contributed by atoms with Crippen molar-refractivity contribution in [1.29, 1.82) is 0 Å². The average molecular weight is 397 g/mol. The lowest BCUT2D eigenvalue weighted by Gasteiger charge is -2.33. The fourth-order valence-corrected chi connectivity index (χ4v) is 5.20. The predicted molar refractivity (Wildman–Crippen MR) is 106 cm³/mol. The first-order valence-electron chi connectivity index (χ1n) is 9.79. The Morgan fingerprint density at radius 1 is 1.11 bits per heavy atom. The van der Waals surface area contributed by atoms with Gasteiger partial charge in [-0.1, -0.05) is 19.8 Å². The summed E-state index contributed by atoms with van der Waals surface area (Å²) in [5, 5.41) is 0. The topological polar surface area (TPSA) is 58.4 Å². The van der Waals surface area contributed by atoms with E-state index in [1.54, 1.807) is 10.4 Å². The van der Waals surface area contributed by atoms with Crippen molar-refractivity contribution in [3.63, 3.8) is 0 Å². The van der Waals surface area contributed by atoms with Gasteiger partial charge in [0.2, 0.25) is 10.0 Å². The van der Waals surface area contributed by atoms with Crippen LogP contribution in [-0.2, 0) is 23.1 Å². The van der Waals surface area contributed by atoms with Crippen molar-refractivity contribution in [3.05, 3.63) is 29.8 Å². The highest BCUT2D eigenvalue weighted by Gasteiger charge is 2.27. The van der Waals surface area contributed by atoms with Gasteiger partial charge in [0.25, 0.3) is 0 Å². The number of fused-ring (bicyclic) bond motifs is 1. The second kappa shape index (κ2) is 8.67. The lowest BCUT2D eigenvalue weighted by atomic mass is 10.3. The Morgan fingerprint density at radius 3 is 2.52 bits per heavy atom. The standard InChI is InChI=1S/C19H29FN4O2S/c1-3-5-6-13-27(25,26)23-11-9-22(10-12-23)15-19-21-17-14-16(20)7-8-18(17)24(19)4-2/h7-8,14H,3-6,9-13,15H2,1-2H3. The quantitative estimate of drug-likeness (QED) is 0.644. The van der Waals surface area contributed by atoms with Crippen LogP contribution in [0.15, 0.2) is 18.2 Å². The van der Waals surface area contributed by atoms with Crippen LogP contribution in [0, 0.1) is 5.82 Å². The molecule has 0 atom stereocenters. The van der Waals surface area contributed by atoms with Gasteiger partial charge in [-0.15, -0.1) is 0 Å². The highest BCUT2D eigenvalue weighted by Crippen LogP contribution is 2.20. The molecule has 1 saturated heterocycles. The number of rotatable bonds is 8. The zero-order valence-corrected chi connectivity index (χ0v) is 17.0. The van der Waals surface area contributed by atoms with Gasteiger partial charge in [0, 0.05) is 38.8 Å². The van der Waals surface area contributed by atoms with E-state index in [9.17, 15) is 12.8 Å². The van der Waals surface area contributed by atoms with Gasteiger partial charge >= 0.3 is 0 Å². The summed E-state index contributed by atoms with van der Waals surface area (Å²) in [7, 11) is -3.15. The predicted octanol–water partition coefficient (Wildman–Crippen LogP) is 2.83. The van der Waals surface area contributed by atoms with Crippen molar-refractivity contribution in [2.24, 2.45) is 0 Å². The molecule has 0 saturated carbocycles. The van der Waals surface area contributed by atoms with Crippen LogP contribution in [0.5, 0.6) is 0 Å². The summed E-state index contributed by atoms with van der Waals surface area (Å²) < 4.78 is 42.1. The molecule has 1 aliphatic heterocycles. The van der Waals surface area contributed by atoms with Gasteiger partial charge in [-0.25, -0.2) is 17.8 Å². The molecule has 150 valence electrons. The minimum Gasteiger partial charge on any atom is -0.327 e. The third-order valence-corrected chi connectivity index (χ3v) is 7.16. The number of piperazine rings is 1. The molecule has 0 unspecified atom stereocenters. The van der Waals surface area contributed by atoms with E-state index in [-0.39, 0.29) is 11.6 Å². The molecule has 8 heteroatoms. The third-order valence-electron chi connectivity index (χ3n) is 5.20. The fourth-order valence-electron chi connectivity index (χ4n) is 3.66. The second-order valence-corrected chi connectivity index (χ2v) is 9.19. The Hall–Kier alpha value is -1.51. The molecule has 1 fully saturated rings. The molecule has 0 spiro atoms. The fraction of sp³-hybridized carbons (Fsp3) is 0.632. The number of hydrogen-bond acceptors (Lipinski definition) is 4. The zero-order chi connectivity index (χ0) is 19.4. The Balaban J connectivity index is 1.63. The van der Waals surface area contributed by atoms with E-state index < -0.39 is 10.0 Å². The number of halogens is 1. The molecule has 0 aliphatic carbocycles. The first-order valence-corrected chi connectivity index (χ1v) is 11.4. The maximum absolute atomic E-state index is 13.5. The lowest BCUT2D eigenvalue weighted by molar-refractivity contribution is 0.176. The number of imidazole rings is 1. The number of aromatic nitrogens is 2. The summed E-state index contributed by atoms with van der Waals surface area (Å²) in [5.74, 6) is 0.868. The Bertz CT molecular complexity index is 873. The van der Waals surface area contributed by atoms with Crippen LogP contribution < -0.4 is 0 Å². The summed E-state index contributed by atoms with van der Waals surface area (Å²) in [6.07, 6.45) is 2.70. The van der Waals surface area contributed by atoms with Gasteiger partial charge in [-0.05, 0) is 25.5 Å². The Morgan fingerprint density at radius 2 is 1.85 bits per heavy atom. The molecule has 1 aliphatic rings. The summed E-state index contributed by atoms with van der Waals surface area (Å²) in [6.45, 7) is 7.96. The number of unbranched alkanes of at least 4 members (excludes halogenated alkanes) is 2. The van der Waals surface area contributed by atoms with Crippen molar-refractivity contribution in [1.82, 2.24) is 18.8 Å². The van der Waals surface area contributed by atoms with Gasteiger partial charge in [-0.2, -0.15) is 4.31 Å². The smallest absolute Gasteiger partial charge is 0.214 e. The molecule has 1 aromatic carbocycles. The highest BCUT2D eigenvalue weighted by atomic mass is 32.2. The monoisotopic (exact) mass is 396 g/mol. The molecular weight excluding hydrogens is 367 g/mol. The van der Waals surface area contributed by atoms with Crippen LogP contribution in [0.4, 0.5) is 4.39 Å². The summed E-state index contributed by atoms with van der Waals surface area (Å²) in [6, 6.07) is 4.69. The number of benzene rings is 1. The van der Waals surface area contributed by atoms with Crippen LogP contribution in [0.3, 0.4) is 0 Å². The average Bonchev–Trinajstić information content (AvgIpc) is 2.98. The third kappa shape index (κ3) is 4.67. The van der Waals surface area contributed by atoms with E-state index in [2.05, 4.69) is 28.3 Å². The minimum absolute atomic E-state index is 0.248. The highest BCUT2D eigenvalue weighted by molar-refractivity contribution is 7.89. The number of aryl methyl sites for hydroxylation is 1. The maximum Gasteiger partial charge on any atom is 0.214 e. The SMILES string of the molecule is CCCCCS(=O)(=O)N1CCN(Cc2nc3cc(F)ccc3n2CC)CC1. The summed E-state index contributed by atoms with van der Waals surface area (Å²) in [5.41, 5.74) is 1.61. The van der Waals surface area contributed by atoms with E-state index in [0.717, 1.165) is 37.1 Å². The molecule has 3 rings (SSSR count). The zero-order valence-electron chi connectivity index (χ0n) is 16.2. The molecular formula is C19H29FN4O2S. The van der Waals surface area contributed by atoms with Gasteiger partial charge in [0.1, 0.15) is 11.6 Å². The normalized spacial score (nSPS) is 17.0. The van der Waals surface area contributed by atoms with Crippen LogP contribution >= 0.6 is 0 Å². The molecule has 0 bridgehead atoms. The van der Waals surface area contributed by atoms with Gasteiger partial charge in [-0.3, -0.25) is 4.90 Å². The van der Waals surface area contributed by atoms with Gasteiger partial charge in [0.15, 0.2) is 0 Å². The first-order chi connectivity index (χ1) is 12.9. The van der Waals surface area contributed by atoms with Crippen molar-refractivity contribution >= 4 is 21.1 Å². The van der Waals surface area contributed by atoms with Crippen LogP contribution in [0.2, 0.25) is 0 Å². The maximum atomic E-state index is 13.5. The second-order valence-electron chi connectivity index (χ2n) is 7.10. The molecule has 0 N–H and O–H groups in total. The summed E-state index contributed by atoms with van der Waals surface area (Å²) >= 11 is 0. The minimum atomic E-state index is -3.15. The van der Waals surface area contributed by atoms with Crippen LogP contribution in [0.1, 0.15) is 38.9 Å². The molecule has 2 heterocycles. The largest absolute Gasteiger partial charge is 0.327 e. The lowest BCUT2D eigenvalue weighted by Crippen LogP contribution is -2.49. The Kier molecular flexibility index (Phi) is 6.49. The molecule has 1 aromatic heterocycles. The van der Waals surface area contributed by atoms with Crippen LogP contribution in [-0.4, -0.2) is 59.1 Å². The number of sulfonamides is 1. The molecule has 0 amide bonds. The van der Waals surface area contributed by atoms with Crippen LogP contribution in [0.25, 0.3) is 11.0 Å². The van der Waals surface area contributed by atoms with E-state index in [4.69, 9.17) is 0 Å². The summed E-state index contributed by atoms with van der Waals surface area (Å²) in [4.78, 5) is 6.83. The number of hydrogen-bond donors (Lipinski definition) is 0. The van der Waals surface area contributed by atoms with Gasteiger partial charge < -0.3 is 4.57 Å². The van der Waals surface area contributed by atoms with Crippen molar-refractivity contribution in [2.75, 3.05) is 31.9 Å². The van der Waals surface area contributed by atoms with Crippen molar-refractivity contribution in [2.45, 2.75) is 46.2 Å². The van der Waals surface area contributed by atoms with E-state index in [1.807, 2.05) is 0 Å². The van der Waals surface area contributed by atoms with Crippen molar-refractivity contribution in [3.8, 4) is 0 Å². The molecule has 0 radical (unpaired) electrons. The Labute approximate surface area is 161 Å². The van der Waals surface area contributed by atoms with Crippen molar-refractivity contribution < 1.29 is 12.8 Å².